The lowest BCUT2D eigenvalue weighted by molar-refractivity contribution is 0.647. The summed E-state index contributed by atoms with van der Waals surface area (Å²) in [5, 5.41) is 0. The van der Waals surface area contributed by atoms with Gasteiger partial charge in [-0.15, -0.1) is 0 Å². The Hall–Kier alpha value is -1.20. The van der Waals surface area contributed by atoms with Crippen LogP contribution in [0, 0.1) is 0 Å². The maximum atomic E-state index is 5.80. The highest BCUT2D eigenvalue weighted by molar-refractivity contribution is 9.10. The number of nitrogens with two attached hydrogens (primary N) is 1. The van der Waals surface area contributed by atoms with Gasteiger partial charge in [-0.25, -0.2) is 4.98 Å². The molecule has 0 aliphatic rings. The average Bonchev–Trinajstić information content (AvgIpc) is 2.65. The number of pyridine rings is 1. The molecule has 1 unspecified atom stereocenters. The van der Waals surface area contributed by atoms with E-state index in [1.807, 2.05) is 25.5 Å². The Labute approximate surface area is 109 Å². The molecule has 2 heterocycles. The van der Waals surface area contributed by atoms with Crippen molar-refractivity contribution in [2.45, 2.75) is 25.9 Å². The number of rotatable bonds is 4. The zero-order valence-electron chi connectivity index (χ0n) is 9.68. The number of nitrogens with zero attached hydrogens (tertiary/aromatic N) is 3. The Bertz CT molecular complexity index is 493. The zero-order chi connectivity index (χ0) is 12.3. The molecule has 0 aliphatic heterocycles. The van der Waals surface area contributed by atoms with Gasteiger partial charge in [0, 0.05) is 41.7 Å². The first-order valence-corrected chi connectivity index (χ1v) is 6.29. The lowest BCUT2D eigenvalue weighted by atomic mass is 10.2. The van der Waals surface area contributed by atoms with E-state index in [4.69, 9.17) is 5.73 Å². The Morgan fingerprint density at radius 1 is 1.47 bits per heavy atom. The summed E-state index contributed by atoms with van der Waals surface area (Å²) in [7, 11) is 0. The molecule has 2 aromatic heterocycles. The molecule has 0 spiro atoms. The molecular weight excluding hydrogens is 280 g/mol. The summed E-state index contributed by atoms with van der Waals surface area (Å²) in [6.45, 7) is 2.76. The van der Waals surface area contributed by atoms with Crippen LogP contribution in [0.4, 0.5) is 0 Å². The molecule has 0 radical (unpaired) electrons. The number of imidazole rings is 1. The molecule has 5 heteroatoms. The van der Waals surface area contributed by atoms with Gasteiger partial charge in [-0.1, -0.05) is 0 Å². The molecule has 2 aromatic rings. The highest BCUT2D eigenvalue weighted by Gasteiger charge is 2.06. The molecule has 0 aliphatic carbocycles. The molecular formula is C12H15BrN4. The van der Waals surface area contributed by atoms with Gasteiger partial charge in [0.1, 0.15) is 5.82 Å². The highest BCUT2D eigenvalue weighted by atomic mass is 79.9. The van der Waals surface area contributed by atoms with Crippen LogP contribution in [0.2, 0.25) is 0 Å². The second kappa shape index (κ2) is 5.42. The minimum Gasteiger partial charge on any atom is -0.330 e. The van der Waals surface area contributed by atoms with Crippen molar-refractivity contribution >= 4 is 15.9 Å². The first-order valence-electron chi connectivity index (χ1n) is 5.50. The van der Waals surface area contributed by atoms with Crippen LogP contribution >= 0.6 is 15.9 Å². The monoisotopic (exact) mass is 294 g/mol. The second-order valence-electron chi connectivity index (χ2n) is 4.16. The Balaban J connectivity index is 2.16. The van der Waals surface area contributed by atoms with Crippen molar-refractivity contribution in [1.82, 2.24) is 14.5 Å². The molecule has 0 saturated carbocycles. The number of halogens is 1. The van der Waals surface area contributed by atoms with Crippen molar-refractivity contribution in [2.24, 2.45) is 5.73 Å². The van der Waals surface area contributed by atoms with E-state index in [9.17, 15) is 0 Å². The Kier molecular flexibility index (Phi) is 3.91. The normalized spacial score (nSPS) is 12.6. The van der Waals surface area contributed by atoms with E-state index in [0.29, 0.717) is 0 Å². The van der Waals surface area contributed by atoms with Gasteiger partial charge in [0.15, 0.2) is 0 Å². The van der Waals surface area contributed by atoms with Crippen LogP contribution in [0.3, 0.4) is 0 Å². The van der Waals surface area contributed by atoms with Crippen LogP contribution in [-0.2, 0) is 13.0 Å². The molecule has 2 rings (SSSR count). The SMILES string of the molecule is CC(N)Cc1nccn1Cc1cncc(Br)c1. The van der Waals surface area contributed by atoms with Crippen molar-refractivity contribution in [3.05, 3.63) is 46.7 Å². The van der Waals surface area contributed by atoms with Gasteiger partial charge < -0.3 is 10.3 Å². The summed E-state index contributed by atoms with van der Waals surface area (Å²) in [6, 6.07) is 2.18. The summed E-state index contributed by atoms with van der Waals surface area (Å²) in [6.07, 6.45) is 8.21. The fourth-order valence-corrected chi connectivity index (χ4v) is 2.11. The summed E-state index contributed by atoms with van der Waals surface area (Å²) in [4.78, 5) is 8.48. The minimum absolute atomic E-state index is 0.122. The van der Waals surface area contributed by atoms with E-state index in [1.165, 1.54) is 0 Å². The topological polar surface area (TPSA) is 56.7 Å². The summed E-state index contributed by atoms with van der Waals surface area (Å²) < 4.78 is 3.09. The number of aromatic nitrogens is 3. The smallest absolute Gasteiger partial charge is 0.110 e. The van der Waals surface area contributed by atoms with E-state index < -0.39 is 0 Å². The largest absolute Gasteiger partial charge is 0.330 e. The molecule has 4 nitrogen and oxygen atoms in total. The van der Waals surface area contributed by atoms with E-state index in [-0.39, 0.29) is 6.04 Å². The first-order chi connectivity index (χ1) is 8.15. The molecule has 17 heavy (non-hydrogen) atoms. The van der Waals surface area contributed by atoms with E-state index in [2.05, 4.69) is 36.5 Å². The maximum Gasteiger partial charge on any atom is 0.110 e. The molecule has 0 bridgehead atoms. The third-order valence-electron chi connectivity index (χ3n) is 2.42. The second-order valence-corrected chi connectivity index (χ2v) is 5.08. The Morgan fingerprint density at radius 2 is 2.29 bits per heavy atom. The van der Waals surface area contributed by atoms with Crippen molar-refractivity contribution < 1.29 is 0 Å². The molecule has 0 saturated heterocycles. The molecule has 90 valence electrons. The molecule has 0 amide bonds. The highest BCUT2D eigenvalue weighted by Crippen LogP contribution is 2.12. The van der Waals surface area contributed by atoms with Gasteiger partial charge >= 0.3 is 0 Å². The van der Waals surface area contributed by atoms with Crippen molar-refractivity contribution in [2.75, 3.05) is 0 Å². The molecule has 2 N–H and O–H groups in total. The van der Waals surface area contributed by atoms with Crippen LogP contribution < -0.4 is 5.73 Å². The predicted molar refractivity (Wildman–Crippen MR) is 70.6 cm³/mol. The lowest BCUT2D eigenvalue weighted by Crippen LogP contribution is -2.20. The fourth-order valence-electron chi connectivity index (χ4n) is 1.70. The van der Waals surface area contributed by atoms with Crippen LogP contribution in [0.15, 0.2) is 35.3 Å². The minimum atomic E-state index is 0.122. The molecule has 0 fully saturated rings. The number of hydrogen-bond donors (Lipinski definition) is 1. The van der Waals surface area contributed by atoms with Gasteiger partial charge in [0.2, 0.25) is 0 Å². The van der Waals surface area contributed by atoms with Crippen molar-refractivity contribution in [3.63, 3.8) is 0 Å². The fraction of sp³-hybridized carbons (Fsp3) is 0.333. The van der Waals surface area contributed by atoms with E-state index in [1.54, 1.807) is 6.20 Å². The quantitative estimate of drug-likeness (QED) is 0.938. The number of hydrogen-bond acceptors (Lipinski definition) is 3. The summed E-state index contributed by atoms with van der Waals surface area (Å²) >= 11 is 3.42. The van der Waals surface area contributed by atoms with Crippen LogP contribution in [0.25, 0.3) is 0 Å². The first kappa shape index (κ1) is 12.3. The lowest BCUT2D eigenvalue weighted by Gasteiger charge is -2.09. The predicted octanol–water partition coefficient (Wildman–Crippen LogP) is 1.98. The third kappa shape index (κ3) is 3.38. The average molecular weight is 295 g/mol. The van der Waals surface area contributed by atoms with Gasteiger partial charge in [0.05, 0.1) is 6.54 Å². The summed E-state index contributed by atoms with van der Waals surface area (Å²) in [5.41, 5.74) is 6.94. The van der Waals surface area contributed by atoms with Crippen LogP contribution in [0.5, 0.6) is 0 Å². The summed E-state index contributed by atoms with van der Waals surface area (Å²) in [5.74, 6) is 1.01. The van der Waals surface area contributed by atoms with E-state index in [0.717, 1.165) is 28.8 Å². The van der Waals surface area contributed by atoms with Gasteiger partial charge in [-0.2, -0.15) is 0 Å². The zero-order valence-corrected chi connectivity index (χ0v) is 11.3. The molecule has 0 aromatic carbocycles. The van der Waals surface area contributed by atoms with Gasteiger partial charge in [-0.3, -0.25) is 4.98 Å². The van der Waals surface area contributed by atoms with Gasteiger partial charge in [-0.05, 0) is 34.5 Å². The van der Waals surface area contributed by atoms with Crippen LogP contribution in [-0.4, -0.2) is 20.6 Å². The van der Waals surface area contributed by atoms with Crippen molar-refractivity contribution in [1.29, 1.82) is 0 Å². The Morgan fingerprint density at radius 3 is 3.00 bits per heavy atom. The standard InChI is InChI=1S/C12H15BrN4/c1-9(14)4-12-16-2-3-17(12)8-10-5-11(13)7-15-6-10/h2-3,5-7,9H,4,8,14H2,1H3. The molecule has 1 atom stereocenters. The van der Waals surface area contributed by atoms with Gasteiger partial charge in [0.25, 0.3) is 0 Å². The van der Waals surface area contributed by atoms with E-state index >= 15 is 0 Å². The van der Waals surface area contributed by atoms with Crippen molar-refractivity contribution in [3.8, 4) is 0 Å². The maximum absolute atomic E-state index is 5.80. The third-order valence-corrected chi connectivity index (χ3v) is 2.85. The van der Waals surface area contributed by atoms with Crippen LogP contribution in [0.1, 0.15) is 18.3 Å².